The number of nitro benzene ring substituents is 1. The first kappa shape index (κ1) is 24.5. The summed E-state index contributed by atoms with van der Waals surface area (Å²) >= 11 is 6.73. The standard InChI is InChI=1S/C25H23N3O5S2/c1-4-32-22-13-18(11-12-21(22)33-15-19-7-5-6-8-20(19)28(30)31)14-23-24(29)27(25(34)35-23)26-16(2)9-10-17(26)3/h5-14H,4,15H2,1-3H3/b23-14+. The predicted molar refractivity (Wildman–Crippen MR) is 140 cm³/mol. The van der Waals surface area contributed by atoms with E-state index in [0.717, 1.165) is 17.0 Å². The van der Waals surface area contributed by atoms with Gasteiger partial charge in [-0.15, -0.1) is 0 Å². The van der Waals surface area contributed by atoms with Gasteiger partial charge in [0.25, 0.3) is 11.6 Å². The van der Waals surface area contributed by atoms with Crippen molar-refractivity contribution in [3.63, 3.8) is 0 Å². The van der Waals surface area contributed by atoms with Crippen LogP contribution in [-0.2, 0) is 11.4 Å². The zero-order chi connectivity index (χ0) is 25.1. The van der Waals surface area contributed by atoms with Crippen LogP contribution in [0.2, 0.25) is 0 Å². The highest BCUT2D eigenvalue weighted by molar-refractivity contribution is 8.27. The lowest BCUT2D eigenvalue weighted by molar-refractivity contribution is -0.385. The van der Waals surface area contributed by atoms with Crippen LogP contribution in [0.4, 0.5) is 5.69 Å². The first-order valence-electron chi connectivity index (χ1n) is 10.8. The summed E-state index contributed by atoms with van der Waals surface area (Å²) in [6.07, 6.45) is 1.77. The molecule has 0 bridgehead atoms. The van der Waals surface area contributed by atoms with Crippen molar-refractivity contribution in [3.05, 3.63) is 92.1 Å². The number of carbonyl (C=O) groups is 1. The number of rotatable bonds is 8. The molecule has 1 fully saturated rings. The van der Waals surface area contributed by atoms with E-state index in [9.17, 15) is 14.9 Å². The SMILES string of the molecule is CCOc1cc(/C=C2/SC(=S)N(n3c(C)ccc3C)C2=O)ccc1OCc1ccccc1[N+](=O)[O-]. The van der Waals surface area contributed by atoms with E-state index >= 15 is 0 Å². The number of para-hydroxylation sites is 1. The lowest BCUT2D eigenvalue weighted by atomic mass is 10.1. The molecule has 1 saturated heterocycles. The van der Waals surface area contributed by atoms with Crippen LogP contribution in [0, 0.1) is 24.0 Å². The van der Waals surface area contributed by atoms with Crippen LogP contribution < -0.4 is 14.5 Å². The Bertz CT molecular complexity index is 1330. The quantitative estimate of drug-likeness (QED) is 0.171. The van der Waals surface area contributed by atoms with Gasteiger partial charge >= 0.3 is 0 Å². The van der Waals surface area contributed by atoms with E-state index in [1.54, 1.807) is 42.5 Å². The molecule has 180 valence electrons. The molecule has 0 unspecified atom stereocenters. The van der Waals surface area contributed by atoms with E-state index in [4.69, 9.17) is 21.7 Å². The van der Waals surface area contributed by atoms with Gasteiger partial charge in [-0.25, -0.2) is 0 Å². The normalized spacial score (nSPS) is 14.6. The summed E-state index contributed by atoms with van der Waals surface area (Å²) in [7, 11) is 0. The van der Waals surface area contributed by atoms with Gasteiger partial charge in [-0.05, 0) is 75.0 Å². The summed E-state index contributed by atoms with van der Waals surface area (Å²) in [6.45, 7) is 6.12. The summed E-state index contributed by atoms with van der Waals surface area (Å²) in [6, 6.07) is 15.6. The fourth-order valence-corrected chi connectivity index (χ4v) is 4.97. The zero-order valence-electron chi connectivity index (χ0n) is 19.4. The highest BCUT2D eigenvalue weighted by Gasteiger charge is 2.34. The van der Waals surface area contributed by atoms with Gasteiger partial charge in [0.05, 0.1) is 22.0 Å². The second-order valence-electron chi connectivity index (χ2n) is 7.74. The average Bonchev–Trinajstić information content (AvgIpc) is 3.29. The summed E-state index contributed by atoms with van der Waals surface area (Å²) < 4.78 is 13.9. The number of benzene rings is 2. The largest absolute Gasteiger partial charge is 0.490 e. The molecule has 1 aliphatic rings. The highest BCUT2D eigenvalue weighted by Crippen LogP contribution is 2.35. The molecule has 0 spiro atoms. The predicted octanol–water partition coefficient (Wildman–Crippen LogP) is 5.53. The summed E-state index contributed by atoms with van der Waals surface area (Å²) in [4.78, 5) is 24.5. The molecule has 4 rings (SSSR count). The van der Waals surface area contributed by atoms with Crippen LogP contribution in [0.15, 0.2) is 59.5 Å². The number of thioether (sulfide) groups is 1. The number of carbonyl (C=O) groups excluding carboxylic acids is 1. The van der Waals surface area contributed by atoms with Crippen LogP contribution in [0.25, 0.3) is 6.08 Å². The van der Waals surface area contributed by atoms with Gasteiger partial charge < -0.3 is 9.47 Å². The second-order valence-corrected chi connectivity index (χ2v) is 9.41. The maximum Gasteiger partial charge on any atom is 0.285 e. The fourth-order valence-electron chi connectivity index (χ4n) is 3.73. The van der Waals surface area contributed by atoms with Crippen molar-refractivity contribution in [2.45, 2.75) is 27.4 Å². The molecule has 35 heavy (non-hydrogen) atoms. The maximum atomic E-state index is 13.2. The van der Waals surface area contributed by atoms with Gasteiger partial charge in [0, 0.05) is 17.5 Å². The van der Waals surface area contributed by atoms with Gasteiger partial charge in [-0.2, -0.15) is 5.01 Å². The summed E-state index contributed by atoms with van der Waals surface area (Å²) in [5.74, 6) is 0.734. The van der Waals surface area contributed by atoms with E-state index in [2.05, 4.69) is 0 Å². The molecule has 0 radical (unpaired) electrons. The molecule has 1 aliphatic heterocycles. The topological polar surface area (TPSA) is 86.8 Å². The van der Waals surface area contributed by atoms with Crippen LogP contribution in [-0.4, -0.2) is 26.4 Å². The number of ether oxygens (including phenoxy) is 2. The minimum atomic E-state index is -0.432. The number of thiocarbonyl (C=S) groups is 1. The molecule has 8 nitrogen and oxygen atoms in total. The third kappa shape index (κ3) is 5.08. The van der Waals surface area contributed by atoms with Gasteiger partial charge in [0.1, 0.15) is 6.61 Å². The molecule has 0 N–H and O–H groups in total. The average molecular weight is 510 g/mol. The molecule has 0 saturated carbocycles. The molecule has 2 heterocycles. The van der Waals surface area contributed by atoms with Gasteiger partial charge in [0.2, 0.25) is 0 Å². The third-order valence-electron chi connectivity index (χ3n) is 5.34. The number of aryl methyl sites for hydroxylation is 2. The Kier molecular flexibility index (Phi) is 7.23. The Hall–Kier alpha value is -3.63. The minimum absolute atomic E-state index is 0.00253. The van der Waals surface area contributed by atoms with E-state index in [1.165, 1.54) is 22.8 Å². The van der Waals surface area contributed by atoms with Crippen molar-refractivity contribution in [2.24, 2.45) is 0 Å². The second kappa shape index (κ2) is 10.3. The number of hydrogen-bond donors (Lipinski definition) is 0. The smallest absolute Gasteiger partial charge is 0.285 e. The molecular weight excluding hydrogens is 486 g/mol. The Labute approximate surface area is 212 Å². The highest BCUT2D eigenvalue weighted by atomic mass is 32.2. The number of aromatic nitrogens is 1. The molecule has 1 aromatic heterocycles. The molecule has 10 heteroatoms. The lowest BCUT2D eigenvalue weighted by Crippen LogP contribution is -2.39. The van der Waals surface area contributed by atoms with Crippen LogP contribution >= 0.6 is 24.0 Å². The lowest BCUT2D eigenvalue weighted by Gasteiger charge is -2.20. The van der Waals surface area contributed by atoms with Crippen LogP contribution in [0.1, 0.15) is 29.4 Å². The molecule has 0 aliphatic carbocycles. The molecule has 1 amide bonds. The number of hydrogen-bond acceptors (Lipinski definition) is 7. The monoisotopic (exact) mass is 509 g/mol. The molecule has 0 atom stereocenters. The van der Waals surface area contributed by atoms with Crippen LogP contribution in [0.5, 0.6) is 11.5 Å². The molecular formula is C25H23N3O5S2. The van der Waals surface area contributed by atoms with E-state index in [-0.39, 0.29) is 18.2 Å². The minimum Gasteiger partial charge on any atom is -0.490 e. The summed E-state index contributed by atoms with van der Waals surface area (Å²) in [5, 5.41) is 12.8. The van der Waals surface area contributed by atoms with Crippen molar-refractivity contribution in [1.29, 1.82) is 0 Å². The Morgan fingerprint density at radius 3 is 2.46 bits per heavy atom. The zero-order valence-corrected chi connectivity index (χ0v) is 21.0. The Balaban J connectivity index is 1.58. The Morgan fingerprint density at radius 1 is 1.06 bits per heavy atom. The number of nitro groups is 1. The summed E-state index contributed by atoms with van der Waals surface area (Å²) in [5.41, 5.74) is 3.03. The van der Waals surface area contributed by atoms with Gasteiger partial charge in [-0.3, -0.25) is 19.6 Å². The number of amides is 1. The van der Waals surface area contributed by atoms with Crippen molar-refractivity contribution in [3.8, 4) is 11.5 Å². The van der Waals surface area contributed by atoms with Gasteiger partial charge in [0.15, 0.2) is 15.8 Å². The van der Waals surface area contributed by atoms with Crippen molar-refractivity contribution in [1.82, 2.24) is 4.68 Å². The fraction of sp³-hybridized carbons (Fsp3) is 0.200. The van der Waals surface area contributed by atoms with Crippen LogP contribution in [0.3, 0.4) is 0 Å². The van der Waals surface area contributed by atoms with Crippen molar-refractivity contribution in [2.75, 3.05) is 11.6 Å². The first-order chi connectivity index (χ1) is 16.8. The van der Waals surface area contributed by atoms with E-state index in [0.29, 0.717) is 32.9 Å². The molecule has 2 aromatic carbocycles. The van der Waals surface area contributed by atoms with Gasteiger partial charge in [-0.1, -0.05) is 30.0 Å². The number of nitrogens with zero attached hydrogens (tertiary/aromatic N) is 3. The van der Waals surface area contributed by atoms with Crippen molar-refractivity contribution < 1.29 is 19.2 Å². The third-order valence-corrected chi connectivity index (χ3v) is 6.63. The maximum absolute atomic E-state index is 13.2. The van der Waals surface area contributed by atoms with E-state index < -0.39 is 4.92 Å². The Morgan fingerprint density at radius 2 is 1.77 bits per heavy atom. The first-order valence-corrected chi connectivity index (χ1v) is 12.1. The van der Waals surface area contributed by atoms with E-state index in [1.807, 2.05) is 37.6 Å². The molecule has 3 aromatic rings. The van der Waals surface area contributed by atoms with Crippen molar-refractivity contribution >= 4 is 46.0 Å².